The molecule has 3 nitrogen and oxygen atoms in total. The average Bonchev–Trinajstić information content (AvgIpc) is 2.69. The fourth-order valence-electron chi connectivity index (χ4n) is 1.29. The van der Waals surface area contributed by atoms with Crippen molar-refractivity contribution in [3.05, 3.63) is 36.3 Å². The second-order valence-corrected chi connectivity index (χ2v) is 5.10. The van der Waals surface area contributed by atoms with Crippen LogP contribution in [0.15, 0.2) is 29.2 Å². The molecule has 1 N–H and O–H groups in total. The molecule has 0 aliphatic rings. The van der Waals surface area contributed by atoms with Crippen LogP contribution in [0.3, 0.4) is 0 Å². The second kappa shape index (κ2) is 6.62. The third-order valence-electron chi connectivity index (χ3n) is 2.22. The zero-order valence-corrected chi connectivity index (χ0v) is 11.1. The van der Waals surface area contributed by atoms with E-state index < -0.39 is 0 Å². The lowest BCUT2D eigenvalue weighted by atomic mass is 10.1. The van der Waals surface area contributed by atoms with E-state index in [9.17, 15) is 0 Å². The summed E-state index contributed by atoms with van der Waals surface area (Å²) in [5.41, 5.74) is 0.105. The SMILES string of the molecule is C=CCCOCc1ccc(CNC(C)(C)C)o1. The molecular formula is C14H23NO2. The quantitative estimate of drug-likeness (QED) is 0.584. The first-order valence-corrected chi connectivity index (χ1v) is 6.02. The van der Waals surface area contributed by atoms with Crippen molar-refractivity contribution in [3.8, 4) is 0 Å². The van der Waals surface area contributed by atoms with Crippen molar-refractivity contribution in [1.82, 2.24) is 5.32 Å². The first-order valence-electron chi connectivity index (χ1n) is 6.02. The van der Waals surface area contributed by atoms with Crippen LogP contribution in [0.25, 0.3) is 0 Å². The first kappa shape index (κ1) is 14.0. The van der Waals surface area contributed by atoms with Gasteiger partial charge in [-0.1, -0.05) is 6.08 Å². The molecule has 0 spiro atoms. The average molecular weight is 237 g/mol. The van der Waals surface area contributed by atoms with E-state index in [-0.39, 0.29) is 5.54 Å². The van der Waals surface area contributed by atoms with Gasteiger partial charge in [0.2, 0.25) is 0 Å². The van der Waals surface area contributed by atoms with Gasteiger partial charge in [-0.2, -0.15) is 0 Å². The Morgan fingerprint density at radius 2 is 2.06 bits per heavy atom. The molecule has 0 atom stereocenters. The van der Waals surface area contributed by atoms with Gasteiger partial charge in [-0.3, -0.25) is 0 Å². The van der Waals surface area contributed by atoms with E-state index in [0.717, 1.165) is 24.5 Å². The van der Waals surface area contributed by atoms with Crippen LogP contribution in [0.4, 0.5) is 0 Å². The van der Waals surface area contributed by atoms with Gasteiger partial charge in [-0.15, -0.1) is 6.58 Å². The molecule has 17 heavy (non-hydrogen) atoms. The molecule has 0 aliphatic heterocycles. The van der Waals surface area contributed by atoms with E-state index in [4.69, 9.17) is 9.15 Å². The van der Waals surface area contributed by atoms with Gasteiger partial charge in [0.05, 0.1) is 13.2 Å². The lowest BCUT2D eigenvalue weighted by Gasteiger charge is -2.19. The molecule has 96 valence electrons. The number of rotatable bonds is 7. The highest BCUT2D eigenvalue weighted by atomic mass is 16.5. The molecule has 0 saturated heterocycles. The van der Waals surface area contributed by atoms with Crippen LogP contribution < -0.4 is 5.32 Å². The zero-order valence-electron chi connectivity index (χ0n) is 11.1. The van der Waals surface area contributed by atoms with E-state index >= 15 is 0 Å². The van der Waals surface area contributed by atoms with Crippen molar-refractivity contribution in [3.63, 3.8) is 0 Å². The number of nitrogens with one attached hydrogen (secondary N) is 1. The molecule has 0 unspecified atom stereocenters. The van der Waals surface area contributed by atoms with Crippen molar-refractivity contribution < 1.29 is 9.15 Å². The van der Waals surface area contributed by atoms with Gasteiger partial charge in [-0.25, -0.2) is 0 Å². The van der Waals surface area contributed by atoms with Crippen LogP contribution >= 0.6 is 0 Å². The fourth-order valence-corrected chi connectivity index (χ4v) is 1.29. The van der Waals surface area contributed by atoms with Crippen LogP contribution in [0.1, 0.15) is 38.7 Å². The minimum absolute atomic E-state index is 0.105. The largest absolute Gasteiger partial charge is 0.462 e. The topological polar surface area (TPSA) is 34.4 Å². The number of hydrogen-bond acceptors (Lipinski definition) is 3. The molecule has 1 heterocycles. The summed E-state index contributed by atoms with van der Waals surface area (Å²) in [5.74, 6) is 1.82. The van der Waals surface area contributed by atoms with E-state index in [0.29, 0.717) is 13.2 Å². The molecule has 1 aromatic rings. The van der Waals surface area contributed by atoms with Crippen molar-refractivity contribution >= 4 is 0 Å². The molecule has 0 aliphatic carbocycles. The Morgan fingerprint density at radius 3 is 2.71 bits per heavy atom. The summed E-state index contributed by atoms with van der Waals surface area (Å²) in [6.45, 7) is 12.0. The highest BCUT2D eigenvalue weighted by molar-refractivity contribution is 5.06. The number of furan rings is 1. The van der Waals surface area contributed by atoms with Crippen LogP contribution in [0, 0.1) is 0 Å². The van der Waals surface area contributed by atoms with Crippen molar-refractivity contribution in [2.45, 2.75) is 45.9 Å². The highest BCUT2D eigenvalue weighted by Crippen LogP contribution is 2.10. The normalized spacial score (nSPS) is 11.7. The Labute approximate surface area is 104 Å². The standard InChI is InChI=1S/C14H23NO2/c1-5-6-9-16-11-13-8-7-12(17-13)10-15-14(2,3)4/h5,7-8,15H,1,6,9-11H2,2-4H3. The lowest BCUT2D eigenvalue weighted by Crippen LogP contribution is -2.34. The van der Waals surface area contributed by atoms with E-state index in [1.165, 1.54) is 0 Å². The molecule has 1 rings (SSSR count). The monoisotopic (exact) mass is 237 g/mol. The third-order valence-corrected chi connectivity index (χ3v) is 2.22. The Hall–Kier alpha value is -1.06. The minimum Gasteiger partial charge on any atom is -0.462 e. The maximum absolute atomic E-state index is 5.65. The summed E-state index contributed by atoms with van der Waals surface area (Å²) in [6, 6.07) is 3.96. The Kier molecular flexibility index (Phi) is 5.45. The smallest absolute Gasteiger partial charge is 0.129 e. The Balaban J connectivity index is 2.30. The fraction of sp³-hybridized carbons (Fsp3) is 0.571. The molecule has 0 amide bonds. The minimum atomic E-state index is 0.105. The summed E-state index contributed by atoms with van der Waals surface area (Å²) in [5, 5.41) is 3.38. The van der Waals surface area contributed by atoms with Crippen molar-refractivity contribution in [1.29, 1.82) is 0 Å². The summed E-state index contributed by atoms with van der Waals surface area (Å²) < 4.78 is 11.1. The summed E-state index contributed by atoms with van der Waals surface area (Å²) in [7, 11) is 0. The van der Waals surface area contributed by atoms with Crippen LogP contribution in [0.2, 0.25) is 0 Å². The predicted octanol–water partition coefficient (Wildman–Crippen LogP) is 3.26. The van der Waals surface area contributed by atoms with Crippen LogP contribution in [-0.2, 0) is 17.9 Å². The number of hydrogen-bond donors (Lipinski definition) is 1. The van der Waals surface area contributed by atoms with Gasteiger partial charge in [-0.05, 0) is 39.3 Å². The van der Waals surface area contributed by atoms with E-state index in [1.54, 1.807) is 0 Å². The molecule has 0 bridgehead atoms. The Bertz CT molecular complexity index is 336. The molecular weight excluding hydrogens is 214 g/mol. The number of ether oxygens (including phenoxy) is 1. The zero-order chi connectivity index (χ0) is 12.7. The second-order valence-electron chi connectivity index (χ2n) is 5.10. The van der Waals surface area contributed by atoms with E-state index in [2.05, 4.69) is 32.7 Å². The summed E-state index contributed by atoms with van der Waals surface area (Å²) in [6.07, 6.45) is 2.72. The molecule has 0 saturated carbocycles. The highest BCUT2D eigenvalue weighted by Gasteiger charge is 2.10. The van der Waals surface area contributed by atoms with Crippen molar-refractivity contribution in [2.75, 3.05) is 6.61 Å². The molecule has 1 aromatic heterocycles. The van der Waals surface area contributed by atoms with Gasteiger partial charge >= 0.3 is 0 Å². The van der Waals surface area contributed by atoms with Crippen molar-refractivity contribution in [2.24, 2.45) is 0 Å². The van der Waals surface area contributed by atoms with Crippen LogP contribution in [0.5, 0.6) is 0 Å². The van der Waals surface area contributed by atoms with Gasteiger partial charge in [0.15, 0.2) is 0 Å². The maximum atomic E-state index is 5.65. The molecule has 0 fully saturated rings. The summed E-state index contributed by atoms with van der Waals surface area (Å²) >= 11 is 0. The van der Waals surface area contributed by atoms with Gasteiger partial charge in [0.1, 0.15) is 18.1 Å². The summed E-state index contributed by atoms with van der Waals surface area (Å²) in [4.78, 5) is 0. The molecule has 0 aromatic carbocycles. The van der Waals surface area contributed by atoms with Crippen LogP contribution in [-0.4, -0.2) is 12.1 Å². The van der Waals surface area contributed by atoms with E-state index in [1.807, 2.05) is 18.2 Å². The third kappa shape index (κ3) is 6.29. The first-order chi connectivity index (χ1) is 8.01. The molecule has 0 radical (unpaired) electrons. The van der Waals surface area contributed by atoms with Gasteiger partial charge in [0, 0.05) is 5.54 Å². The Morgan fingerprint density at radius 1 is 1.35 bits per heavy atom. The predicted molar refractivity (Wildman–Crippen MR) is 69.8 cm³/mol. The maximum Gasteiger partial charge on any atom is 0.129 e. The van der Waals surface area contributed by atoms with Gasteiger partial charge in [0.25, 0.3) is 0 Å². The van der Waals surface area contributed by atoms with Gasteiger partial charge < -0.3 is 14.5 Å². The lowest BCUT2D eigenvalue weighted by molar-refractivity contribution is 0.109. The molecule has 3 heteroatoms.